The average molecular weight is 499 g/mol. The molecule has 2 rings (SSSR count). The molecule has 0 aliphatic carbocycles. The third-order valence-electron chi connectivity index (χ3n) is 4.22. The van der Waals surface area contributed by atoms with Crippen molar-refractivity contribution in [3.8, 4) is 11.5 Å². The van der Waals surface area contributed by atoms with Crippen molar-refractivity contribution < 1.29 is 14.6 Å². The molecule has 0 aliphatic rings. The largest absolute Gasteiger partial charge is 0.497 e. The topological polar surface area (TPSA) is 75.1 Å². The van der Waals surface area contributed by atoms with Crippen LogP contribution in [0, 0.1) is 0 Å². The minimum atomic E-state index is -0.808. The van der Waals surface area contributed by atoms with Crippen LogP contribution < -0.4 is 20.1 Å². The number of aliphatic imine (C=N–C) groups is 1. The van der Waals surface area contributed by atoms with E-state index < -0.39 is 6.10 Å². The Bertz CT molecular complexity index is 741. The number of ether oxygens (including phenoxy) is 2. The third kappa shape index (κ3) is 6.87. The maximum atomic E-state index is 10.6. The molecule has 0 fully saturated rings. The predicted octanol–water partition coefficient (Wildman–Crippen LogP) is 3.67. The molecule has 0 spiro atoms. The minimum absolute atomic E-state index is 0. The lowest BCUT2D eigenvalue weighted by molar-refractivity contribution is 0.182. The van der Waals surface area contributed by atoms with Crippen LogP contribution in [0.5, 0.6) is 11.5 Å². The monoisotopic (exact) mass is 499 g/mol. The highest BCUT2D eigenvalue weighted by Crippen LogP contribution is 2.29. The quantitative estimate of drug-likeness (QED) is 0.294. The lowest BCUT2D eigenvalue weighted by Crippen LogP contribution is -2.39. The molecule has 2 aromatic rings. The summed E-state index contributed by atoms with van der Waals surface area (Å²) in [5.74, 6) is 1.92. The zero-order chi connectivity index (χ0) is 19.6. The second kappa shape index (κ2) is 12.5. The standard InChI is InChI=1S/C21H29N3O3.HI/c1-5-22-21(24-15(2)16-9-7-6-8-10-16)23-14-19(25)18-13-17(26-3)11-12-20(18)27-4;/h6-13,15,19,25H,5,14H2,1-4H3,(H2,22,23,24);1H. The molecular formula is C21H30IN3O3. The first-order valence-corrected chi connectivity index (χ1v) is 9.08. The molecule has 0 bridgehead atoms. The Balaban J connectivity index is 0.00000392. The van der Waals surface area contributed by atoms with Gasteiger partial charge >= 0.3 is 0 Å². The Labute approximate surface area is 184 Å². The Morgan fingerprint density at radius 2 is 1.82 bits per heavy atom. The van der Waals surface area contributed by atoms with Gasteiger partial charge in [-0.15, -0.1) is 24.0 Å². The van der Waals surface area contributed by atoms with E-state index in [9.17, 15) is 5.11 Å². The smallest absolute Gasteiger partial charge is 0.191 e. The second-order valence-electron chi connectivity index (χ2n) is 6.12. The van der Waals surface area contributed by atoms with Gasteiger partial charge in [0, 0.05) is 12.1 Å². The fraction of sp³-hybridized carbons (Fsp3) is 0.381. The minimum Gasteiger partial charge on any atom is -0.497 e. The molecule has 154 valence electrons. The molecule has 3 N–H and O–H groups in total. The molecule has 2 aromatic carbocycles. The number of aliphatic hydroxyl groups is 1. The molecule has 0 amide bonds. The number of hydrogen-bond acceptors (Lipinski definition) is 4. The van der Waals surface area contributed by atoms with Gasteiger partial charge in [0.1, 0.15) is 17.6 Å². The van der Waals surface area contributed by atoms with Crippen LogP contribution in [0.1, 0.15) is 37.1 Å². The first kappa shape index (κ1) is 24.0. The van der Waals surface area contributed by atoms with E-state index in [-0.39, 0.29) is 36.6 Å². The molecule has 0 aromatic heterocycles. The van der Waals surface area contributed by atoms with Gasteiger partial charge in [0.05, 0.1) is 26.8 Å². The number of guanidine groups is 1. The fourth-order valence-corrected chi connectivity index (χ4v) is 2.73. The van der Waals surface area contributed by atoms with E-state index in [1.165, 1.54) is 0 Å². The summed E-state index contributed by atoms with van der Waals surface area (Å²) in [5, 5.41) is 17.2. The molecule has 7 heteroatoms. The SMILES string of the molecule is CCNC(=NCC(O)c1cc(OC)ccc1OC)NC(C)c1ccccc1.I. The van der Waals surface area contributed by atoms with Crippen LogP contribution >= 0.6 is 24.0 Å². The summed E-state index contributed by atoms with van der Waals surface area (Å²) in [4.78, 5) is 4.53. The van der Waals surface area contributed by atoms with Crippen molar-refractivity contribution in [1.82, 2.24) is 10.6 Å². The molecule has 2 atom stereocenters. The molecular weight excluding hydrogens is 469 g/mol. The van der Waals surface area contributed by atoms with E-state index in [0.29, 0.717) is 23.0 Å². The van der Waals surface area contributed by atoms with Gasteiger partial charge in [0.25, 0.3) is 0 Å². The first-order chi connectivity index (χ1) is 13.1. The Morgan fingerprint density at radius 3 is 2.43 bits per heavy atom. The molecule has 0 aliphatic heterocycles. The third-order valence-corrected chi connectivity index (χ3v) is 4.22. The number of nitrogens with one attached hydrogen (secondary N) is 2. The summed E-state index contributed by atoms with van der Waals surface area (Å²) in [6, 6.07) is 15.6. The molecule has 6 nitrogen and oxygen atoms in total. The highest BCUT2D eigenvalue weighted by atomic mass is 127. The van der Waals surface area contributed by atoms with E-state index in [1.807, 2.05) is 25.1 Å². The van der Waals surface area contributed by atoms with Gasteiger partial charge in [0.15, 0.2) is 5.96 Å². The van der Waals surface area contributed by atoms with Gasteiger partial charge in [-0.05, 0) is 37.6 Å². The zero-order valence-corrected chi connectivity index (χ0v) is 19.1. The van der Waals surface area contributed by atoms with Gasteiger partial charge in [-0.2, -0.15) is 0 Å². The summed E-state index contributed by atoms with van der Waals surface area (Å²) < 4.78 is 10.6. The first-order valence-electron chi connectivity index (χ1n) is 9.08. The Kier molecular flexibility index (Phi) is 10.7. The Hall–Kier alpha value is -2.00. The maximum Gasteiger partial charge on any atom is 0.191 e. The van der Waals surface area contributed by atoms with Gasteiger partial charge in [-0.3, -0.25) is 4.99 Å². The second-order valence-corrected chi connectivity index (χ2v) is 6.12. The number of methoxy groups -OCH3 is 2. The van der Waals surface area contributed by atoms with Crippen LogP contribution in [0.2, 0.25) is 0 Å². The van der Waals surface area contributed by atoms with Crippen LogP contribution in [-0.2, 0) is 0 Å². The van der Waals surface area contributed by atoms with Crippen molar-refractivity contribution in [2.75, 3.05) is 27.3 Å². The predicted molar refractivity (Wildman–Crippen MR) is 124 cm³/mol. The molecule has 0 radical (unpaired) electrons. The lowest BCUT2D eigenvalue weighted by atomic mass is 10.1. The van der Waals surface area contributed by atoms with Crippen LogP contribution in [0.25, 0.3) is 0 Å². The van der Waals surface area contributed by atoms with Crippen molar-refractivity contribution in [1.29, 1.82) is 0 Å². The Morgan fingerprint density at radius 1 is 1.11 bits per heavy atom. The van der Waals surface area contributed by atoms with Crippen molar-refractivity contribution in [3.05, 3.63) is 59.7 Å². The van der Waals surface area contributed by atoms with Crippen LogP contribution in [0.3, 0.4) is 0 Å². The van der Waals surface area contributed by atoms with E-state index in [1.54, 1.807) is 32.4 Å². The molecule has 0 saturated heterocycles. The van der Waals surface area contributed by atoms with E-state index in [4.69, 9.17) is 9.47 Å². The zero-order valence-electron chi connectivity index (χ0n) is 16.8. The number of halogens is 1. The summed E-state index contributed by atoms with van der Waals surface area (Å²) in [5.41, 5.74) is 1.81. The summed E-state index contributed by atoms with van der Waals surface area (Å²) in [7, 11) is 3.17. The number of rotatable bonds is 8. The average Bonchev–Trinajstić information content (AvgIpc) is 2.71. The van der Waals surface area contributed by atoms with Crippen LogP contribution in [0.15, 0.2) is 53.5 Å². The lowest BCUT2D eigenvalue weighted by Gasteiger charge is -2.19. The van der Waals surface area contributed by atoms with Crippen LogP contribution in [0.4, 0.5) is 0 Å². The highest BCUT2D eigenvalue weighted by Gasteiger charge is 2.15. The molecule has 28 heavy (non-hydrogen) atoms. The number of aliphatic hydroxyl groups excluding tert-OH is 1. The number of nitrogens with zero attached hydrogens (tertiary/aromatic N) is 1. The van der Waals surface area contributed by atoms with Crippen molar-refractivity contribution in [2.24, 2.45) is 4.99 Å². The summed E-state index contributed by atoms with van der Waals surface area (Å²) >= 11 is 0. The summed E-state index contributed by atoms with van der Waals surface area (Å²) in [6.45, 7) is 5.00. The number of hydrogen-bond donors (Lipinski definition) is 3. The van der Waals surface area contributed by atoms with E-state index in [2.05, 4.69) is 34.7 Å². The van der Waals surface area contributed by atoms with Gasteiger partial charge < -0.3 is 25.2 Å². The van der Waals surface area contributed by atoms with Gasteiger partial charge in [-0.1, -0.05) is 30.3 Å². The van der Waals surface area contributed by atoms with Gasteiger partial charge in [0.2, 0.25) is 0 Å². The van der Waals surface area contributed by atoms with E-state index in [0.717, 1.165) is 12.1 Å². The maximum absolute atomic E-state index is 10.6. The van der Waals surface area contributed by atoms with Crippen molar-refractivity contribution in [3.63, 3.8) is 0 Å². The molecule has 0 heterocycles. The van der Waals surface area contributed by atoms with E-state index >= 15 is 0 Å². The highest BCUT2D eigenvalue weighted by molar-refractivity contribution is 14.0. The normalized spacial score (nSPS) is 13.1. The van der Waals surface area contributed by atoms with Gasteiger partial charge in [-0.25, -0.2) is 0 Å². The number of benzene rings is 2. The summed E-state index contributed by atoms with van der Waals surface area (Å²) in [6.07, 6.45) is -0.808. The molecule has 0 saturated carbocycles. The van der Waals surface area contributed by atoms with Crippen LogP contribution in [-0.4, -0.2) is 38.4 Å². The van der Waals surface area contributed by atoms with Crippen molar-refractivity contribution >= 4 is 29.9 Å². The fourth-order valence-electron chi connectivity index (χ4n) is 2.73. The van der Waals surface area contributed by atoms with Crippen molar-refractivity contribution in [2.45, 2.75) is 26.0 Å². The molecule has 2 unspecified atom stereocenters.